The summed E-state index contributed by atoms with van der Waals surface area (Å²) < 4.78 is 6.13. The first kappa shape index (κ1) is 12.1. The molecule has 2 aliphatic carbocycles. The highest BCUT2D eigenvalue weighted by Crippen LogP contribution is 2.41. The topological polar surface area (TPSA) is 26.3 Å². The summed E-state index contributed by atoms with van der Waals surface area (Å²) in [7, 11) is 0. The Morgan fingerprint density at radius 3 is 2.12 bits per heavy atom. The van der Waals surface area contributed by atoms with E-state index < -0.39 is 0 Å². The van der Waals surface area contributed by atoms with Crippen LogP contribution < -0.4 is 0 Å². The van der Waals surface area contributed by atoms with Gasteiger partial charge in [-0.15, -0.1) is 0 Å². The molecule has 0 aromatic carbocycles. The van der Waals surface area contributed by atoms with E-state index in [0.29, 0.717) is 18.3 Å². The van der Waals surface area contributed by atoms with Crippen molar-refractivity contribution < 1.29 is 9.53 Å². The first-order valence-corrected chi connectivity index (χ1v) is 6.58. The number of rotatable bonds is 2. The fraction of sp³-hybridized carbons (Fsp3) is 0.929. The third-order valence-electron chi connectivity index (χ3n) is 4.39. The van der Waals surface area contributed by atoms with Gasteiger partial charge in [-0.3, -0.25) is 4.79 Å². The quantitative estimate of drug-likeness (QED) is 0.720. The second-order valence-corrected chi connectivity index (χ2v) is 6.51. The van der Waals surface area contributed by atoms with Crippen LogP contribution in [0.15, 0.2) is 0 Å². The van der Waals surface area contributed by atoms with Crippen LogP contribution >= 0.6 is 0 Å². The van der Waals surface area contributed by atoms with E-state index in [2.05, 4.69) is 13.8 Å². The maximum atomic E-state index is 11.5. The Labute approximate surface area is 98.7 Å². The van der Waals surface area contributed by atoms with Crippen LogP contribution in [-0.4, -0.2) is 18.0 Å². The predicted molar refractivity (Wildman–Crippen MR) is 64.2 cm³/mol. The molecule has 92 valence electrons. The van der Waals surface area contributed by atoms with Gasteiger partial charge in [-0.2, -0.15) is 0 Å². The Morgan fingerprint density at radius 2 is 1.69 bits per heavy atom. The number of carbonyl (C=O) groups is 1. The molecule has 3 unspecified atom stereocenters. The molecule has 16 heavy (non-hydrogen) atoms. The first-order valence-electron chi connectivity index (χ1n) is 6.58. The van der Waals surface area contributed by atoms with E-state index in [9.17, 15) is 4.79 Å². The van der Waals surface area contributed by atoms with Gasteiger partial charge in [0.2, 0.25) is 0 Å². The lowest BCUT2D eigenvalue weighted by atomic mass is 9.67. The summed E-state index contributed by atoms with van der Waals surface area (Å²) in [6, 6.07) is 0. The molecule has 0 bridgehead atoms. The molecule has 0 aromatic heterocycles. The summed E-state index contributed by atoms with van der Waals surface area (Å²) in [5.41, 5.74) is -0.232. The zero-order valence-electron chi connectivity index (χ0n) is 11.0. The lowest BCUT2D eigenvalue weighted by molar-refractivity contribution is -0.170. The second-order valence-electron chi connectivity index (χ2n) is 6.51. The van der Waals surface area contributed by atoms with Gasteiger partial charge in [-0.25, -0.2) is 0 Å². The smallest absolute Gasteiger partial charge is 0.143 e. The van der Waals surface area contributed by atoms with Gasteiger partial charge in [0.15, 0.2) is 0 Å². The highest BCUT2D eigenvalue weighted by atomic mass is 16.5. The van der Waals surface area contributed by atoms with Crippen LogP contribution in [0.3, 0.4) is 0 Å². The summed E-state index contributed by atoms with van der Waals surface area (Å²) in [5.74, 6) is 1.90. The molecule has 2 rings (SSSR count). The largest absolute Gasteiger partial charge is 0.373 e. The maximum absolute atomic E-state index is 11.5. The fourth-order valence-corrected chi connectivity index (χ4v) is 3.17. The first-order chi connectivity index (χ1) is 7.39. The summed E-state index contributed by atoms with van der Waals surface area (Å²) in [6.07, 6.45) is 4.86. The van der Waals surface area contributed by atoms with Crippen molar-refractivity contribution in [1.29, 1.82) is 0 Å². The molecule has 0 spiro atoms. The van der Waals surface area contributed by atoms with Crippen LogP contribution in [0.4, 0.5) is 0 Å². The Kier molecular flexibility index (Phi) is 3.13. The van der Waals surface area contributed by atoms with E-state index in [1.807, 2.05) is 13.8 Å². The lowest BCUT2D eigenvalue weighted by Gasteiger charge is -2.45. The molecule has 2 heteroatoms. The van der Waals surface area contributed by atoms with Crippen molar-refractivity contribution in [2.24, 2.45) is 17.3 Å². The minimum Gasteiger partial charge on any atom is -0.373 e. The predicted octanol–water partition coefficient (Wildman–Crippen LogP) is 3.20. The summed E-state index contributed by atoms with van der Waals surface area (Å²) in [6.45, 7) is 8.64. The van der Waals surface area contributed by atoms with E-state index in [1.54, 1.807) is 0 Å². The molecule has 0 amide bonds. The molecule has 2 nitrogen and oxygen atoms in total. The van der Waals surface area contributed by atoms with Crippen LogP contribution in [0.25, 0.3) is 0 Å². The van der Waals surface area contributed by atoms with Crippen LogP contribution in [0.1, 0.15) is 53.4 Å². The van der Waals surface area contributed by atoms with Crippen molar-refractivity contribution >= 4 is 5.78 Å². The van der Waals surface area contributed by atoms with Gasteiger partial charge in [-0.05, 0) is 31.1 Å². The Balaban J connectivity index is 1.88. The van der Waals surface area contributed by atoms with E-state index in [0.717, 1.165) is 11.8 Å². The van der Waals surface area contributed by atoms with Crippen molar-refractivity contribution in [3.05, 3.63) is 0 Å². The SMILES string of the molecule is CC1CC(C)CC(OC2CC(=O)C2(C)C)C1. The molecule has 0 N–H and O–H groups in total. The average Bonchev–Trinajstić information content (AvgIpc) is 2.15. The normalized spacial score (nSPS) is 42.9. The summed E-state index contributed by atoms with van der Waals surface area (Å²) in [5, 5.41) is 0. The third-order valence-corrected chi connectivity index (χ3v) is 4.39. The van der Waals surface area contributed by atoms with Crippen LogP contribution in [0.5, 0.6) is 0 Å². The molecule has 2 aliphatic rings. The Bertz CT molecular complexity index is 272. The molecule has 2 saturated carbocycles. The van der Waals surface area contributed by atoms with Crippen molar-refractivity contribution in [2.45, 2.75) is 65.6 Å². The van der Waals surface area contributed by atoms with Crippen molar-refractivity contribution in [2.75, 3.05) is 0 Å². The van der Waals surface area contributed by atoms with Gasteiger partial charge in [0.05, 0.1) is 17.6 Å². The van der Waals surface area contributed by atoms with Crippen LogP contribution in [-0.2, 0) is 9.53 Å². The Hall–Kier alpha value is -0.370. The summed E-state index contributed by atoms with van der Waals surface area (Å²) in [4.78, 5) is 11.5. The zero-order valence-corrected chi connectivity index (χ0v) is 11.0. The van der Waals surface area contributed by atoms with E-state index in [1.165, 1.54) is 19.3 Å². The molecule has 0 heterocycles. The average molecular weight is 224 g/mol. The van der Waals surface area contributed by atoms with Gasteiger partial charge in [0.1, 0.15) is 5.78 Å². The van der Waals surface area contributed by atoms with Gasteiger partial charge in [0, 0.05) is 6.42 Å². The monoisotopic (exact) mass is 224 g/mol. The standard InChI is InChI=1S/C14H24O2/c1-9-5-10(2)7-11(6-9)16-13-8-12(15)14(13,3)4/h9-11,13H,5-8H2,1-4H3. The number of Topliss-reactive ketones (excluding diaryl/α,β-unsaturated/α-hetero) is 1. The minimum atomic E-state index is -0.232. The van der Waals surface area contributed by atoms with E-state index in [4.69, 9.17) is 4.74 Å². The molecular formula is C14H24O2. The zero-order chi connectivity index (χ0) is 11.9. The summed E-state index contributed by atoms with van der Waals surface area (Å²) >= 11 is 0. The van der Waals surface area contributed by atoms with Gasteiger partial charge < -0.3 is 4.74 Å². The highest BCUT2D eigenvalue weighted by molar-refractivity contribution is 5.91. The number of hydrogen-bond donors (Lipinski definition) is 0. The number of carbonyl (C=O) groups excluding carboxylic acids is 1. The third kappa shape index (κ3) is 2.17. The molecule has 3 atom stereocenters. The van der Waals surface area contributed by atoms with E-state index in [-0.39, 0.29) is 11.5 Å². The lowest BCUT2D eigenvalue weighted by Crippen LogP contribution is -2.53. The molecule has 2 fully saturated rings. The van der Waals surface area contributed by atoms with Gasteiger partial charge in [0.25, 0.3) is 0 Å². The minimum absolute atomic E-state index is 0.169. The molecule has 0 saturated heterocycles. The fourth-order valence-electron chi connectivity index (χ4n) is 3.17. The van der Waals surface area contributed by atoms with Crippen LogP contribution in [0.2, 0.25) is 0 Å². The number of ether oxygens (including phenoxy) is 1. The van der Waals surface area contributed by atoms with Gasteiger partial charge in [-0.1, -0.05) is 27.7 Å². The van der Waals surface area contributed by atoms with Crippen molar-refractivity contribution in [1.82, 2.24) is 0 Å². The molecule has 0 aliphatic heterocycles. The van der Waals surface area contributed by atoms with Crippen molar-refractivity contribution in [3.63, 3.8) is 0 Å². The van der Waals surface area contributed by atoms with Crippen molar-refractivity contribution in [3.8, 4) is 0 Å². The maximum Gasteiger partial charge on any atom is 0.143 e. The molecule has 0 radical (unpaired) electrons. The molecule has 0 aromatic rings. The second kappa shape index (κ2) is 4.14. The Morgan fingerprint density at radius 1 is 1.12 bits per heavy atom. The number of ketones is 1. The van der Waals surface area contributed by atoms with E-state index >= 15 is 0 Å². The number of hydrogen-bond acceptors (Lipinski definition) is 2. The highest BCUT2D eigenvalue weighted by Gasteiger charge is 2.49. The van der Waals surface area contributed by atoms with Gasteiger partial charge >= 0.3 is 0 Å². The molecular weight excluding hydrogens is 200 g/mol. The van der Waals surface area contributed by atoms with Crippen LogP contribution in [0, 0.1) is 17.3 Å².